The zero-order chi connectivity index (χ0) is 14.5. The Morgan fingerprint density at radius 2 is 1.95 bits per heavy atom. The number of nitrogens with zero attached hydrogens (tertiary/aromatic N) is 1. The number of hydrogen-bond acceptors (Lipinski definition) is 3. The first-order valence-electron chi connectivity index (χ1n) is 7.16. The smallest absolute Gasteiger partial charge is 0.240 e. The van der Waals surface area contributed by atoms with Gasteiger partial charge in [-0.2, -0.15) is 5.26 Å². The molecule has 0 aromatic heterocycles. The van der Waals surface area contributed by atoms with Gasteiger partial charge in [0.25, 0.3) is 0 Å². The van der Waals surface area contributed by atoms with E-state index in [0.29, 0.717) is 19.3 Å². The largest absolute Gasteiger partial charge is 0.394 e. The number of aliphatic hydroxyl groups excluding tert-OH is 1. The molecule has 108 valence electrons. The molecule has 1 aliphatic rings. The highest BCUT2D eigenvalue weighted by atomic mass is 16.3. The summed E-state index contributed by atoms with van der Waals surface area (Å²) < 4.78 is 0. The monoisotopic (exact) mass is 266 g/mol. The molecule has 19 heavy (non-hydrogen) atoms. The Bertz CT molecular complexity index is 346. The van der Waals surface area contributed by atoms with Crippen LogP contribution in [-0.4, -0.2) is 23.7 Å². The summed E-state index contributed by atoms with van der Waals surface area (Å²) in [6.45, 7) is 6.14. The van der Waals surface area contributed by atoms with Crippen molar-refractivity contribution in [2.45, 2.75) is 65.3 Å². The van der Waals surface area contributed by atoms with Crippen molar-refractivity contribution in [2.75, 3.05) is 6.61 Å². The van der Waals surface area contributed by atoms with Gasteiger partial charge in [-0.1, -0.05) is 40.0 Å². The van der Waals surface area contributed by atoms with Crippen LogP contribution in [0.3, 0.4) is 0 Å². The van der Waals surface area contributed by atoms with Gasteiger partial charge in [-0.05, 0) is 24.7 Å². The lowest BCUT2D eigenvalue weighted by Gasteiger charge is -2.32. The molecule has 1 saturated carbocycles. The van der Waals surface area contributed by atoms with Crippen LogP contribution in [0.4, 0.5) is 0 Å². The fourth-order valence-corrected chi connectivity index (χ4v) is 2.77. The minimum absolute atomic E-state index is 0.0348. The number of rotatable bonds is 4. The normalized spacial score (nSPS) is 20.4. The van der Waals surface area contributed by atoms with Crippen LogP contribution < -0.4 is 5.32 Å². The third-order valence-corrected chi connectivity index (χ3v) is 3.77. The van der Waals surface area contributed by atoms with E-state index >= 15 is 0 Å². The van der Waals surface area contributed by atoms with Gasteiger partial charge in [0, 0.05) is 0 Å². The molecule has 0 aromatic rings. The predicted octanol–water partition coefficient (Wildman–Crippen LogP) is 2.37. The van der Waals surface area contributed by atoms with Crippen molar-refractivity contribution >= 4 is 5.91 Å². The number of hydrogen-bond donors (Lipinski definition) is 2. The van der Waals surface area contributed by atoms with E-state index in [9.17, 15) is 15.2 Å². The second kappa shape index (κ2) is 6.38. The van der Waals surface area contributed by atoms with Crippen molar-refractivity contribution in [2.24, 2.45) is 10.8 Å². The average Bonchev–Trinajstić information content (AvgIpc) is 2.37. The van der Waals surface area contributed by atoms with E-state index in [1.807, 2.05) is 0 Å². The maximum atomic E-state index is 12.4. The van der Waals surface area contributed by atoms with Gasteiger partial charge in [0.15, 0.2) is 0 Å². The predicted molar refractivity (Wildman–Crippen MR) is 74.2 cm³/mol. The van der Waals surface area contributed by atoms with E-state index < -0.39 is 5.41 Å². The summed E-state index contributed by atoms with van der Waals surface area (Å²) in [6.07, 6.45) is 4.96. The maximum Gasteiger partial charge on any atom is 0.240 e. The number of amides is 1. The summed E-state index contributed by atoms with van der Waals surface area (Å²) >= 11 is 0. The fourth-order valence-electron chi connectivity index (χ4n) is 2.77. The SMILES string of the molecule is CC(C)(C)CC(CO)NC(=O)C1(C#N)CCCCC1. The highest BCUT2D eigenvalue weighted by molar-refractivity contribution is 5.85. The van der Waals surface area contributed by atoms with E-state index in [-0.39, 0.29) is 24.0 Å². The van der Waals surface area contributed by atoms with E-state index in [1.165, 1.54) is 0 Å². The number of carbonyl (C=O) groups excluding carboxylic acids is 1. The first-order chi connectivity index (χ1) is 8.83. The maximum absolute atomic E-state index is 12.4. The molecule has 1 amide bonds. The molecule has 2 N–H and O–H groups in total. The van der Waals surface area contributed by atoms with Crippen LogP contribution in [0.5, 0.6) is 0 Å². The minimum Gasteiger partial charge on any atom is -0.394 e. The molecular formula is C15H26N2O2. The molecular weight excluding hydrogens is 240 g/mol. The molecule has 1 fully saturated rings. The quantitative estimate of drug-likeness (QED) is 0.820. The lowest BCUT2D eigenvalue weighted by atomic mass is 9.74. The van der Waals surface area contributed by atoms with E-state index in [4.69, 9.17) is 0 Å². The molecule has 0 spiro atoms. The van der Waals surface area contributed by atoms with Gasteiger partial charge in [-0.3, -0.25) is 4.79 Å². The van der Waals surface area contributed by atoms with E-state index in [0.717, 1.165) is 19.3 Å². The topological polar surface area (TPSA) is 73.1 Å². The van der Waals surface area contributed by atoms with Gasteiger partial charge in [-0.15, -0.1) is 0 Å². The molecule has 0 aromatic carbocycles. The Labute approximate surface area is 116 Å². The van der Waals surface area contributed by atoms with Crippen LogP contribution in [0.1, 0.15) is 59.3 Å². The average molecular weight is 266 g/mol. The Balaban J connectivity index is 2.68. The summed E-state index contributed by atoms with van der Waals surface area (Å²) in [4.78, 5) is 12.4. The number of carbonyl (C=O) groups is 1. The molecule has 4 nitrogen and oxygen atoms in total. The first kappa shape index (κ1) is 16.0. The minimum atomic E-state index is -0.871. The van der Waals surface area contributed by atoms with Crippen LogP contribution in [-0.2, 0) is 4.79 Å². The summed E-state index contributed by atoms with van der Waals surface area (Å²) in [7, 11) is 0. The zero-order valence-corrected chi connectivity index (χ0v) is 12.3. The summed E-state index contributed by atoms with van der Waals surface area (Å²) in [5.41, 5.74) is -0.837. The van der Waals surface area contributed by atoms with Gasteiger partial charge < -0.3 is 10.4 Å². The Morgan fingerprint density at radius 3 is 2.37 bits per heavy atom. The number of nitriles is 1. The van der Waals surface area contributed by atoms with Crippen molar-refractivity contribution in [1.82, 2.24) is 5.32 Å². The summed E-state index contributed by atoms with van der Waals surface area (Å²) in [5, 5.41) is 21.6. The van der Waals surface area contributed by atoms with Gasteiger partial charge in [0.1, 0.15) is 5.41 Å². The fraction of sp³-hybridized carbons (Fsp3) is 0.867. The Morgan fingerprint density at radius 1 is 1.37 bits per heavy atom. The molecule has 1 atom stereocenters. The van der Waals surface area contributed by atoms with Gasteiger partial charge in [-0.25, -0.2) is 0 Å². The number of aliphatic hydroxyl groups is 1. The highest BCUT2D eigenvalue weighted by Crippen LogP contribution is 2.36. The molecule has 0 heterocycles. The third-order valence-electron chi connectivity index (χ3n) is 3.77. The van der Waals surface area contributed by atoms with Crippen LogP contribution >= 0.6 is 0 Å². The lowest BCUT2D eigenvalue weighted by molar-refractivity contribution is -0.130. The lowest BCUT2D eigenvalue weighted by Crippen LogP contribution is -2.48. The molecule has 1 rings (SSSR count). The molecule has 0 saturated heterocycles. The van der Waals surface area contributed by atoms with Crippen molar-refractivity contribution in [3.05, 3.63) is 0 Å². The second-order valence-corrected chi connectivity index (χ2v) is 6.87. The number of nitrogens with one attached hydrogen (secondary N) is 1. The van der Waals surface area contributed by atoms with Crippen molar-refractivity contribution in [1.29, 1.82) is 5.26 Å². The molecule has 1 unspecified atom stereocenters. The van der Waals surface area contributed by atoms with Crippen molar-refractivity contribution in [3.8, 4) is 6.07 Å². The van der Waals surface area contributed by atoms with E-state index in [1.54, 1.807) is 0 Å². The van der Waals surface area contributed by atoms with Crippen LogP contribution in [0, 0.1) is 22.2 Å². The first-order valence-corrected chi connectivity index (χ1v) is 7.16. The van der Waals surface area contributed by atoms with Gasteiger partial charge in [0.2, 0.25) is 5.91 Å². The summed E-state index contributed by atoms with van der Waals surface area (Å²) in [6, 6.07) is 1.95. The molecule has 4 heteroatoms. The zero-order valence-electron chi connectivity index (χ0n) is 12.3. The molecule has 0 bridgehead atoms. The van der Waals surface area contributed by atoms with Crippen LogP contribution in [0.2, 0.25) is 0 Å². The van der Waals surface area contributed by atoms with Crippen LogP contribution in [0.25, 0.3) is 0 Å². The standard InChI is InChI=1S/C15H26N2O2/c1-14(2,3)9-12(10-18)17-13(19)15(11-16)7-5-4-6-8-15/h12,18H,4-10H2,1-3H3,(H,17,19). The van der Waals surface area contributed by atoms with Gasteiger partial charge in [0.05, 0.1) is 18.7 Å². The summed E-state index contributed by atoms with van der Waals surface area (Å²) in [5.74, 6) is -0.196. The molecule has 0 radical (unpaired) electrons. The Kier molecular flexibility index (Phi) is 5.37. The molecule has 0 aliphatic heterocycles. The second-order valence-electron chi connectivity index (χ2n) is 6.87. The van der Waals surface area contributed by atoms with Crippen LogP contribution in [0.15, 0.2) is 0 Å². The molecule has 1 aliphatic carbocycles. The third kappa shape index (κ3) is 4.50. The van der Waals surface area contributed by atoms with Gasteiger partial charge >= 0.3 is 0 Å². The van der Waals surface area contributed by atoms with Crippen molar-refractivity contribution in [3.63, 3.8) is 0 Å². The van der Waals surface area contributed by atoms with E-state index in [2.05, 4.69) is 32.2 Å². The Hall–Kier alpha value is -1.08. The van der Waals surface area contributed by atoms with Crippen molar-refractivity contribution < 1.29 is 9.90 Å². The highest BCUT2D eigenvalue weighted by Gasteiger charge is 2.40.